The van der Waals surface area contributed by atoms with Gasteiger partial charge in [0.2, 0.25) is 5.91 Å². The van der Waals surface area contributed by atoms with Gasteiger partial charge in [0, 0.05) is 50.3 Å². The average molecular weight is 500 g/mol. The number of benzene rings is 1. The number of imidazole rings is 1. The van der Waals surface area contributed by atoms with Crippen molar-refractivity contribution in [2.24, 2.45) is 11.1 Å². The molecule has 2 N–H and O–H groups in total. The van der Waals surface area contributed by atoms with E-state index in [1.807, 2.05) is 24.3 Å². The number of carbonyl (C=O) groups excluding carboxylic acids is 2. The Morgan fingerprint density at radius 2 is 1.77 bits per heavy atom. The number of nitrogens with two attached hydrogens (primary N) is 1. The standard InChI is InChI=1S/C26H34ClN5O3/c1-3-9-25(2)10-8-20-29-21(22(27)32(20)15-25)18-4-6-19(7-5-18)23(33)30-11-13-31(14-12-30)24(34)26(28)16-35-17-26/h4-7H,3,8-17,28H2,1-2H3. The highest BCUT2D eigenvalue weighted by atomic mass is 35.5. The highest BCUT2D eigenvalue weighted by Gasteiger charge is 2.45. The Labute approximate surface area is 211 Å². The molecule has 0 spiro atoms. The summed E-state index contributed by atoms with van der Waals surface area (Å²) >= 11 is 6.79. The molecule has 2 saturated heterocycles. The second-order valence-corrected chi connectivity index (χ2v) is 11.0. The molecule has 2 amide bonds. The Morgan fingerprint density at radius 1 is 1.11 bits per heavy atom. The minimum atomic E-state index is -0.899. The third-order valence-corrected chi connectivity index (χ3v) is 8.12. The zero-order valence-corrected chi connectivity index (χ0v) is 21.3. The number of carbonyl (C=O) groups is 2. The first-order valence-electron chi connectivity index (χ1n) is 12.5. The van der Waals surface area contributed by atoms with E-state index in [4.69, 9.17) is 27.1 Å². The number of piperazine rings is 1. The van der Waals surface area contributed by atoms with Crippen molar-refractivity contribution in [2.45, 2.75) is 51.6 Å². The molecular weight excluding hydrogens is 466 g/mol. The molecule has 2 aromatic rings. The van der Waals surface area contributed by atoms with Crippen LogP contribution in [0.25, 0.3) is 11.3 Å². The quantitative estimate of drug-likeness (QED) is 0.682. The number of aromatic nitrogens is 2. The summed E-state index contributed by atoms with van der Waals surface area (Å²) in [7, 11) is 0. The van der Waals surface area contributed by atoms with Gasteiger partial charge in [-0.15, -0.1) is 0 Å². The van der Waals surface area contributed by atoms with Crippen molar-refractivity contribution in [3.05, 3.63) is 40.8 Å². The third kappa shape index (κ3) is 4.47. The lowest BCUT2D eigenvalue weighted by Crippen LogP contribution is -2.68. The smallest absolute Gasteiger partial charge is 0.253 e. The number of halogens is 1. The zero-order valence-electron chi connectivity index (χ0n) is 20.6. The Morgan fingerprint density at radius 3 is 2.37 bits per heavy atom. The zero-order chi connectivity index (χ0) is 24.8. The second kappa shape index (κ2) is 9.22. The number of ether oxygens (including phenoxy) is 1. The van der Waals surface area contributed by atoms with Crippen molar-refractivity contribution < 1.29 is 14.3 Å². The molecule has 2 fully saturated rings. The number of amides is 2. The average Bonchev–Trinajstić information content (AvgIpc) is 3.17. The van der Waals surface area contributed by atoms with Crippen molar-refractivity contribution in [1.29, 1.82) is 0 Å². The minimum absolute atomic E-state index is 0.0383. The van der Waals surface area contributed by atoms with Gasteiger partial charge in [0.05, 0.1) is 13.2 Å². The number of nitrogens with zero attached hydrogens (tertiary/aromatic N) is 4. The fraction of sp³-hybridized carbons (Fsp3) is 0.577. The molecule has 0 saturated carbocycles. The lowest BCUT2D eigenvalue weighted by Gasteiger charge is -2.43. The van der Waals surface area contributed by atoms with Gasteiger partial charge < -0.3 is 24.8 Å². The summed E-state index contributed by atoms with van der Waals surface area (Å²) in [5, 5.41) is 0.677. The largest absolute Gasteiger partial charge is 0.376 e. The Balaban J connectivity index is 1.24. The van der Waals surface area contributed by atoms with E-state index in [1.165, 1.54) is 6.42 Å². The molecule has 1 atom stereocenters. The predicted octanol–water partition coefficient (Wildman–Crippen LogP) is 2.97. The summed E-state index contributed by atoms with van der Waals surface area (Å²) in [4.78, 5) is 34.0. The number of aryl methyl sites for hydroxylation is 1. The highest BCUT2D eigenvalue weighted by Crippen LogP contribution is 2.40. The molecule has 1 unspecified atom stereocenters. The molecule has 5 rings (SSSR count). The summed E-state index contributed by atoms with van der Waals surface area (Å²) in [5.74, 6) is 0.914. The number of fused-ring (bicyclic) bond motifs is 1. The number of rotatable bonds is 5. The van der Waals surface area contributed by atoms with Crippen LogP contribution in [0.2, 0.25) is 5.15 Å². The molecule has 1 aromatic heterocycles. The molecule has 8 nitrogen and oxygen atoms in total. The lowest BCUT2D eigenvalue weighted by molar-refractivity contribution is -0.155. The van der Waals surface area contributed by atoms with Crippen LogP contribution >= 0.6 is 11.6 Å². The van der Waals surface area contributed by atoms with Gasteiger partial charge in [-0.25, -0.2) is 4.98 Å². The van der Waals surface area contributed by atoms with Crippen molar-refractivity contribution in [1.82, 2.24) is 19.4 Å². The number of hydrogen-bond acceptors (Lipinski definition) is 5. The van der Waals surface area contributed by atoms with Gasteiger partial charge in [-0.1, -0.05) is 44.0 Å². The molecule has 9 heteroatoms. The fourth-order valence-corrected chi connectivity index (χ4v) is 5.83. The first kappa shape index (κ1) is 24.3. The van der Waals surface area contributed by atoms with Crippen LogP contribution in [-0.4, -0.2) is 76.1 Å². The lowest BCUT2D eigenvalue weighted by atomic mass is 9.79. The first-order valence-corrected chi connectivity index (χ1v) is 12.9. The summed E-state index contributed by atoms with van der Waals surface area (Å²) in [6.45, 7) is 7.91. The Hall–Kier alpha value is -2.42. The monoisotopic (exact) mass is 499 g/mol. The van der Waals surface area contributed by atoms with Crippen molar-refractivity contribution >= 4 is 23.4 Å². The summed E-state index contributed by atoms with van der Waals surface area (Å²) in [5.41, 5.74) is 7.75. The van der Waals surface area contributed by atoms with Gasteiger partial charge in [0.1, 0.15) is 22.2 Å². The predicted molar refractivity (Wildman–Crippen MR) is 134 cm³/mol. The van der Waals surface area contributed by atoms with Crippen LogP contribution in [-0.2, 0) is 22.5 Å². The Bertz CT molecular complexity index is 1120. The van der Waals surface area contributed by atoms with Crippen LogP contribution in [0.3, 0.4) is 0 Å². The molecule has 3 aliphatic heterocycles. The molecule has 4 heterocycles. The van der Waals surface area contributed by atoms with Gasteiger partial charge in [0.15, 0.2) is 0 Å². The summed E-state index contributed by atoms with van der Waals surface area (Å²) in [6, 6.07) is 7.53. The molecule has 3 aliphatic rings. The SMILES string of the molecule is CCCC1(C)CCc2nc(-c3ccc(C(=O)N4CCN(C(=O)C5(N)COC5)CC4)cc3)c(Cl)n2C1. The third-order valence-electron chi connectivity index (χ3n) is 7.73. The van der Waals surface area contributed by atoms with Crippen LogP contribution in [0.15, 0.2) is 24.3 Å². The molecular formula is C26H34ClN5O3. The van der Waals surface area contributed by atoms with Gasteiger partial charge in [-0.05, 0) is 30.4 Å². The normalized spacial score (nSPS) is 23.5. The molecule has 0 aliphatic carbocycles. The maximum Gasteiger partial charge on any atom is 0.253 e. The van der Waals surface area contributed by atoms with Gasteiger partial charge in [-0.3, -0.25) is 9.59 Å². The van der Waals surface area contributed by atoms with Crippen molar-refractivity contribution in [3.63, 3.8) is 0 Å². The molecule has 1 aromatic carbocycles. The van der Waals surface area contributed by atoms with E-state index in [0.29, 0.717) is 36.9 Å². The molecule has 0 radical (unpaired) electrons. The van der Waals surface area contributed by atoms with Crippen LogP contribution in [0.1, 0.15) is 49.3 Å². The maximum absolute atomic E-state index is 13.1. The van der Waals surface area contributed by atoms with E-state index >= 15 is 0 Å². The number of hydrogen-bond donors (Lipinski definition) is 1. The van der Waals surface area contributed by atoms with E-state index in [1.54, 1.807) is 9.80 Å². The van der Waals surface area contributed by atoms with Crippen LogP contribution in [0, 0.1) is 5.41 Å². The van der Waals surface area contributed by atoms with Gasteiger partial charge in [0.25, 0.3) is 5.91 Å². The second-order valence-electron chi connectivity index (χ2n) is 10.6. The molecule has 35 heavy (non-hydrogen) atoms. The minimum Gasteiger partial charge on any atom is -0.376 e. The topological polar surface area (TPSA) is 93.7 Å². The van der Waals surface area contributed by atoms with Gasteiger partial charge >= 0.3 is 0 Å². The van der Waals surface area contributed by atoms with Crippen LogP contribution in [0.5, 0.6) is 0 Å². The van der Waals surface area contributed by atoms with Crippen molar-refractivity contribution in [3.8, 4) is 11.3 Å². The first-order chi connectivity index (χ1) is 16.7. The van der Waals surface area contributed by atoms with Gasteiger partial charge in [-0.2, -0.15) is 0 Å². The summed E-state index contributed by atoms with van der Waals surface area (Å²) < 4.78 is 7.27. The highest BCUT2D eigenvalue weighted by molar-refractivity contribution is 6.32. The van der Waals surface area contributed by atoms with E-state index in [9.17, 15) is 9.59 Å². The molecule has 188 valence electrons. The van der Waals surface area contributed by atoms with Crippen LogP contribution < -0.4 is 5.73 Å². The Kier molecular flexibility index (Phi) is 6.40. The van der Waals surface area contributed by atoms with E-state index in [0.717, 1.165) is 42.9 Å². The van der Waals surface area contributed by atoms with Crippen LogP contribution in [0.4, 0.5) is 0 Å². The van der Waals surface area contributed by atoms with E-state index < -0.39 is 5.54 Å². The fourth-order valence-electron chi connectivity index (χ4n) is 5.52. The summed E-state index contributed by atoms with van der Waals surface area (Å²) in [6.07, 6.45) is 4.39. The maximum atomic E-state index is 13.1. The van der Waals surface area contributed by atoms with Crippen molar-refractivity contribution in [2.75, 3.05) is 39.4 Å². The van der Waals surface area contributed by atoms with E-state index in [2.05, 4.69) is 18.4 Å². The molecule has 0 bridgehead atoms. The van der Waals surface area contributed by atoms with E-state index in [-0.39, 0.29) is 30.4 Å².